The SMILES string of the molecule is CC(CC(=O)O)N[S+]([O-])C(C)(C)C. The number of hydrogen-bond acceptors (Lipinski definition) is 3. The van der Waals surface area contributed by atoms with E-state index in [1.807, 2.05) is 20.8 Å². The Balaban J connectivity index is 3.92. The maximum atomic E-state index is 11.5. The van der Waals surface area contributed by atoms with Gasteiger partial charge in [0.25, 0.3) is 0 Å². The Morgan fingerprint density at radius 3 is 2.38 bits per heavy atom. The van der Waals surface area contributed by atoms with E-state index in [0.29, 0.717) is 0 Å². The summed E-state index contributed by atoms with van der Waals surface area (Å²) >= 11 is -1.20. The van der Waals surface area contributed by atoms with Crippen LogP contribution in [-0.2, 0) is 16.2 Å². The maximum Gasteiger partial charge on any atom is 0.305 e. The Labute approximate surface area is 82.0 Å². The minimum Gasteiger partial charge on any atom is -0.598 e. The van der Waals surface area contributed by atoms with Gasteiger partial charge in [-0.25, -0.2) is 0 Å². The summed E-state index contributed by atoms with van der Waals surface area (Å²) in [4.78, 5) is 10.3. The molecule has 0 rings (SSSR count). The van der Waals surface area contributed by atoms with E-state index < -0.39 is 17.3 Å². The van der Waals surface area contributed by atoms with Crippen LogP contribution in [0.2, 0.25) is 0 Å². The molecule has 4 nitrogen and oxygen atoms in total. The molecule has 0 saturated carbocycles. The third-order valence-electron chi connectivity index (χ3n) is 1.35. The second kappa shape index (κ2) is 4.83. The van der Waals surface area contributed by atoms with Gasteiger partial charge in [-0.15, -0.1) is 4.72 Å². The number of nitrogens with one attached hydrogen (secondary N) is 1. The van der Waals surface area contributed by atoms with Gasteiger partial charge in [-0.1, -0.05) is 0 Å². The lowest BCUT2D eigenvalue weighted by atomic mass is 10.2. The Morgan fingerprint density at radius 1 is 1.62 bits per heavy atom. The molecule has 0 fully saturated rings. The molecule has 0 spiro atoms. The average molecular weight is 207 g/mol. The van der Waals surface area contributed by atoms with Crippen LogP contribution >= 0.6 is 0 Å². The highest BCUT2D eigenvalue weighted by atomic mass is 32.2. The molecule has 0 bridgehead atoms. The van der Waals surface area contributed by atoms with E-state index in [4.69, 9.17) is 5.11 Å². The summed E-state index contributed by atoms with van der Waals surface area (Å²) in [5.74, 6) is -0.883. The van der Waals surface area contributed by atoms with Crippen LogP contribution in [0.25, 0.3) is 0 Å². The summed E-state index contributed by atoms with van der Waals surface area (Å²) < 4.78 is 13.9. The summed E-state index contributed by atoms with van der Waals surface area (Å²) in [7, 11) is 0. The van der Waals surface area contributed by atoms with Crippen molar-refractivity contribution in [1.29, 1.82) is 0 Å². The van der Waals surface area contributed by atoms with Gasteiger partial charge in [-0.3, -0.25) is 4.79 Å². The fraction of sp³-hybridized carbons (Fsp3) is 0.875. The molecule has 0 aromatic rings. The molecule has 2 unspecified atom stereocenters. The molecule has 78 valence electrons. The van der Waals surface area contributed by atoms with Crippen molar-refractivity contribution >= 4 is 17.3 Å². The first-order valence-electron chi connectivity index (χ1n) is 4.13. The maximum absolute atomic E-state index is 11.5. The first-order chi connectivity index (χ1) is 5.73. The minimum atomic E-state index is -1.20. The molecule has 0 aromatic heterocycles. The predicted octanol–water partition coefficient (Wildman–Crippen LogP) is 0.901. The van der Waals surface area contributed by atoms with Gasteiger partial charge >= 0.3 is 5.97 Å². The summed E-state index contributed by atoms with van der Waals surface area (Å²) in [5.41, 5.74) is 0. The zero-order chi connectivity index (χ0) is 10.6. The Hall–Kier alpha value is -0.260. The van der Waals surface area contributed by atoms with Crippen LogP contribution in [0.4, 0.5) is 0 Å². The van der Waals surface area contributed by atoms with E-state index in [-0.39, 0.29) is 17.2 Å². The lowest BCUT2D eigenvalue weighted by molar-refractivity contribution is -0.137. The van der Waals surface area contributed by atoms with Crippen LogP contribution in [0.1, 0.15) is 34.1 Å². The molecule has 0 aliphatic carbocycles. The Morgan fingerprint density at radius 2 is 2.08 bits per heavy atom. The first kappa shape index (κ1) is 12.7. The largest absolute Gasteiger partial charge is 0.598 e. The van der Waals surface area contributed by atoms with Crippen molar-refractivity contribution in [3.63, 3.8) is 0 Å². The molecule has 0 aliphatic rings. The number of aliphatic carboxylic acids is 1. The molecule has 13 heavy (non-hydrogen) atoms. The minimum absolute atomic E-state index is 0.0121. The summed E-state index contributed by atoms with van der Waals surface area (Å²) in [5, 5.41) is 8.46. The predicted molar refractivity (Wildman–Crippen MR) is 52.7 cm³/mol. The Bertz CT molecular complexity index is 179. The van der Waals surface area contributed by atoms with E-state index >= 15 is 0 Å². The molecule has 0 saturated heterocycles. The third-order valence-corrected chi connectivity index (χ3v) is 3.07. The molecule has 2 atom stereocenters. The molecular weight excluding hydrogens is 190 g/mol. The molecule has 0 heterocycles. The standard InChI is InChI=1S/C8H17NO3S/c1-6(5-7(10)11)9-13(12)8(2,3)4/h6,9H,5H2,1-4H3,(H,10,11). The smallest absolute Gasteiger partial charge is 0.305 e. The van der Waals surface area contributed by atoms with Crippen LogP contribution in [0.15, 0.2) is 0 Å². The van der Waals surface area contributed by atoms with Crippen molar-refractivity contribution < 1.29 is 14.5 Å². The van der Waals surface area contributed by atoms with Crippen LogP contribution in [0.3, 0.4) is 0 Å². The highest BCUT2D eigenvalue weighted by Gasteiger charge is 2.28. The topological polar surface area (TPSA) is 72.4 Å². The van der Waals surface area contributed by atoms with E-state index in [1.54, 1.807) is 6.92 Å². The average Bonchev–Trinajstić information content (AvgIpc) is 1.82. The summed E-state index contributed by atoms with van der Waals surface area (Å²) in [6, 6.07) is -0.266. The highest BCUT2D eigenvalue weighted by molar-refractivity contribution is 7.90. The van der Waals surface area contributed by atoms with Crippen molar-refractivity contribution in [3.05, 3.63) is 0 Å². The quantitative estimate of drug-likeness (QED) is 0.672. The molecule has 0 aliphatic heterocycles. The van der Waals surface area contributed by atoms with E-state index in [0.717, 1.165) is 0 Å². The van der Waals surface area contributed by atoms with Gasteiger partial charge in [0.2, 0.25) is 0 Å². The van der Waals surface area contributed by atoms with Crippen LogP contribution < -0.4 is 4.72 Å². The fourth-order valence-corrected chi connectivity index (χ4v) is 1.47. The monoisotopic (exact) mass is 207 g/mol. The zero-order valence-corrected chi connectivity index (χ0v) is 9.27. The lowest BCUT2D eigenvalue weighted by Crippen LogP contribution is -2.44. The van der Waals surface area contributed by atoms with Crippen LogP contribution in [0.5, 0.6) is 0 Å². The van der Waals surface area contributed by atoms with Crippen LogP contribution in [-0.4, -0.2) is 26.4 Å². The van der Waals surface area contributed by atoms with E-state index in [9.17, 15) is 9.35 Å². The van der Waals surface area contributed by atoms with Crippen molar-refractivity contribution in [3.8, 4) is 0 Å². The number of rotatable bonds is 4. The van der Waals surface area contributed by atoms with Crippen LogP contribution in [0, 0.1) is 0 Å². The second-order valence-electron chi connectivity index (χ2n) is 4.00. The zero-order valence-electron chi connectivity index (χ0n) is 8.46. The number of carboxylic acid groups (broad SMARTS) is 1. The van der Waals surface area contributed by atoms with Gasteiger partial charge < -0.3 is 9.66 Å². The molecule has 2 N–H and O–H groups in total. The molecule has 0 amide bonds. The Kier molecular flexibility index (Phi) is 4.74. The summed E-state index contributed by atoms with van der Waals surface area (Å²) in [6.07, 6.45) is -0.0121. The number of carbonyl (C=O) groups is 1. The van der Waals surface area contributed by atoms with E-state index in [2.05, 4.69) is 4.72 Å². The van der Waals surface area contributed by atoms with Gasteiger partial charge in [-0.05, 0) is 27.7 Å². The summed E-state index contributed by atoms with van der Waals surface area (Å²) in [6.45, 7) is 7.22. The van der Waals surface area contributed by atoms with E-state index in [1.165, 1.54) is 0 Å². The highest BCUT2D eigenvalue weighted by Crippen LogP contribution is 2.14. The van der Waals surface area contributed by atoms with Crippen molar-refractivity contribution in [2.45, 2.75) is 44.9 Å². The molecular formula is C8H17NO3S. The first-order valence-corrected chi connectivity index (χ1v) is 5.28. The number of carboxylic acids is 1. The normalized spacial score (nSPS) is 16.7. The van der Waals surface area contributed by atoms with Crippen molar-refractivity contribution in [1.82, 2.24) is 4.72 Å². The van der Waals surface area contributed by atoms with Gasteiger partial charge in [0.1, 0.15) is 4.75 Å². The molecule has 0 radical (unpaired) electrons. The number of hydrogen-bond donors (Lipinski definition) is 2. The molecule has 0 aromatic carbocycles. The lowest BCUT2D eigenvalue weighted by Gasteiger charge is -2.25. The molecule has 5 heteroatoms. The van der Waals surface area contributed by atoms with Crippen molar-refractivity contribution in [2.24, 2.45) is 0 Å². The third kappa shape index (κ3) is 5.90. The van der Waals surface area contributed by atoms with Crippen molar-refractivity contribution in [2.75, 3.05) is 0 Å². The second-order valence-corrected chi connectivity index (χ2v) is 6.00. The van der Waals surface area contributed by atoms with Gasteiger partial charge in [0.05, 0.1) is 12.5 Å². The van der Waals surface area contributed by atoms with Gasteiger partial charge in [-0.2, -0.15) is 0 Å². The van der Waals surface area contributed by atoms with Gasteiger partial charge in [0.15, 0.2) is 0 Å². The fourth-order valence-electron chi connectivity index (χ4n) is 0.663. The van der Waals surface area contributed by atoms with Gasteiger partial charge in [0, 0.05) is 11.4 Å².